The molecule has 148 valence electrons. The molecule has 3 heterocycles. The van der Waals surface area contributed by atoms with Crippen LogP contribution < -0.4 is 10.6 Å². The van der Waals surface area contributed by atoms with Crippen LogP contribution >= 0.6 is 0 Å². The topological polar surface area (TPSA) is 91.7 Å². The Morgan fingerprint density at radius 3 is 2.81 bits per heavy atom. The van der Waals surface area contributed by atoms with Crippen LogP contribution in [-0.2, 0) is 6.42 Å². The quantitative estimate of drug-likeness (QED) is 0.541. The maximum atomic E-state index is 5.70. The van der Waals surface area contributed by atoms with Gasteiger partial charge in [-0.3, -0.25) is 9.89 Å². The molecular weight excluding hydrogens is 344 g/mol. The van der Waals surface area contributed by atoms with Crippen molar-refractivity contribution >= 4 is 5.96 Å². The van der Waals surface area contributed by atoms with Crippen molar-refractivity contribution in [2.45, 2.75) is 45.6 Å². The van der Waals surface area contributed by atoms with Gasteiger partial charge < -0.3 is 19.6 Å². The Balaban J connectivity index is 1.60. The molecule has 1 aliphatic heterocycles. The third-order valence-electron chi connectivity index (χ3n) is 4.67. The van der Waals surface area contributed by atoms with E-state index in [1.165, 1.54) is 19.3 Å². The Morgan fingerprint density at radius 1 is 1.30 bits per heavy atom. The molecule has 0 aromatic carbocycles. The lowest BCUT2D eigenvalue weighted by molar-refractivity contribution is 0.150. The van der Waals surface area contributed by atoms with E-state index >= 15 is 0 Å². The number of hydrogen-bond donors (Lipinski definition) is 2. The van der Waals surface area contributed by atoms with Crippen LogP contribution in [0.25, 0.3) is 0 Å². The van der Waals surface area contributed by atoms with Gasteiger partial charge in [0.15, 0.2) is 11.8 Å². The zero-order valence-electron chi connectivity index (χ0n) is 16.3. The van der Waals surface area contributed by atoms with Gasteiger partial charge in [0.2, 0.25) is 5.89 Å². The van der Waals surface area contributed by atoms with Gasteiger partial charge in [-0.1, -0.05) is 11.6 Å². The third kappa shape index (κ3) is 5.82. The van der Waals surface area contributed by atoms with Crippen LogP contribution in [0.2, 0.25) is 0 Å². The molecule has 0 radical (unpaired) electrons. The lowest BCUT2D eigenvalue weighted by Gasteiger charge is -2.32. The highest BCUT2D eigenvalue weighted by atomic mass is 16.5. The van der Waals surface area contributed by atoms with Crippen LogP contribution in [0.15, 0.2) is 32.3 Å². The first kappa shape index (κ1) is 19.4. The second-order valence-electron chi connectivity index (χ2n) is 6.76. The summed E-state index contributed by atoms with van der Waals surface area (Å²) in [6, 6.07) is 4.17. The number of aromatic nitrogens is 2. The van der Waals surface area contributed by atoms with Gasteiger partial charge in [0.25, 0.3) is 0 Å². The molecule has 2 aromatic heterocycles. The molecule has 0 bridgehead atoms. The largest absolute Gasteiger partial charge is 0.468 e. The first-order valence-electron chi connectivity index (χ1n) is 9.85. The molecule has 0 amide bonds. The molecule has 1 unspecified atom stereocenters. The van der Waals surface area contributed by atoms with Gasteiger partial charge in [0.1, 0.15) is 5.76 Å². The summed E-state index contributed by atoms with van der Waals surface area (Å²) in [5.74, 6) is 3.08. The molecule has 1 fully saturated rings. The van der Waals surface area contributed by atoms with Gasteiger partial charge in [-0.15, -0.1) is 0 Å². The smallest absolute Gasteiger partial charge is 0.228 e. The number of furan rings is 1. The molecule has 0 spiro atoms. The van der Waals surface area contributed by atoms with E-state index in [0.29, 0.717) is 31.2 Å². The molecule has 8 heteroatoms. The molecule has 3 rings (SSSR count). The van der Waals surface area contributed by atoms with Crippen molar-refractivity contribution in [1.29, 1.82) is 0 Å². The Morgan fingerprint density at radius 2 is 2.15 bits per heavy atom. The van der Waals surface area contributed by atoms with Crippen molar-refractivity contribution in [3.8, 4) is 0 Å². The minimum atomic E-state index is 0.175. The fourth-order valence-electron chi connectivity index (χ4n) is 3.35. The second-order valence-corrected chi connectivity index (χ2v) is 6.76. The fourth-order valence-corrected chi connectivity index (χ4v) is 3.35. The van der Waals surface area contributed by atoms with E-state index in [9.17, 15) is 0 Å². The first-order valence-corrected chi connectivity index (χ1v) is 9.85. The van der Waals surface area contributed by atoms with E-state index in [0.717, 1.165) is 31.4 Å². The lowest BCUT2D eigenvalue weighted by atomic mass is 10.1. The van der Waals surface area contributed by atoms with Gasteiger partial charge >= 0.3 is 0 Å². The predicted molar refractivity (Wildman–Crippen MR) is 104 cm³/mol. The Labute approximate surface area is 160 Å². The number of aryl methyl sites for hydroxylation is 1. The summed E-state index contributed by atoms with van der Waals surface area (Å²) in [6.45, 7) is 8.23. The summed E-state index contributed by atoms with van der Waals surface area (Å²) < 4.78 is 10.9. The molecule has 27 heavy (non-hydrogen) atoms. The molecule has 0 aliphatic carbocycles. The van der Waals surface area contributed by atoms with Crippen LogP contribution in [0.1, 0.15) is 49.7 Å². The number of guanidine groups is 1. The van der Waals surface area contributed by atoms with Crippen molar-refractivity contribution in [3.05, 3.63) is 35.9 Å². The van der Waals surface area contributed by atoms with E-state index in [4.69, 9.17) is 13.9 Å². The van der Waals surface area contributed by atoms with Crippen LogP contribution in [0, 0.1) is 6.92 Å². The number of hydrogen-bond acceptors (Lipinski definition) is 6. The van der Waals surface area contributed by atoms with E-state index in [-0.39, 0.29) is 6.04 Å². The predicted octanol–water partition coefficient (Wildman–Crippen LogP) is 2.30. The van der Waals surface area contributed by atoms with Gasteiger partial charge in [0.05, 0.1) is 18.8 Å². The summed E-state index contributed by atoms with van der Waals surface area (Å²) in [5.41, 5.74) is 0. The minimum absolute atomic E-state index is 0.175. The average molecular weight is 374 g/mol. The van der Waals surface area contributed by atoms with E-state index in [1.54, 1.807) is 6.26 Å². The highest BCUT2D eigenvalue weighted by Gasteiger charge is 2.24. The van der Waals surface area contributed by atoms with Crippen LogP contribution in [-0.4, -0.2) is 53.7 Å². The molecule has 0 saturated carbocycles. The van der Waals surface area contributed by atoms with Gasteiger partial charge in [-0.25, -0.2) is 0 Å². The van der Waals surface area contributed by atoms with Gasteiger partial charge in [-0.2, -0.15) is 4.98 Å². The lowest BCUT2D eigenvalue weighted by Crippen LogP contribution is -2.40. The Hall–Kier alpha value is -2.35. The van der Waals surface area contributed by atoms with Crippen LogP contribution in [0.4, 0.5) is 0 Å². The summed E-state index contributed by atoms with van der Waals surface area (Å²) in [7, 11) is 0. The molecule has 1 saturated heterocycles. The van der Waals surface area contributed by atoms with Crippen LogP contribution in [0.3, 0.4) is 0 Å². The monoisotopic (exact) mass is 374 g/mol. The first-order chi connectivity index (χ1) is 13.3. The zero-order valence-corrected chi connectivity index (χ0v) is 16.3. The molecular formula is C19H30N6O2. The molecule has 8 nitrogen and oxygen atoms in total. The number of aliphatic imine (C=N–C) groups is 1. The summed E-state index contributed by atoms with van der Waals surface area (Å²) in [5, 5.41) is 10.5. The van der Waals surface area contributed by atoms with Crippen molar-refractivity contribution in [2.75, 3.05) is 32.7 Å². The third-order valence-corrected chi connectivity index (χ3v) is 4.67. The highest BCUT2D eigenvalue weighted by molar-refractivity contribution is 5.79. The number of nitrogens with zero attached hydrogens (tertiary/aromatic N) is 4. The van der Waals surface area contributed by atoms with Gasteiger partial charge in [0, 0.05) is 19.5 Å². The van der Waals surface area contributed by atoms with E-state index < -0.39 is 0 Å². The van der Waals surface area contributed by atoms with Crippen molar-refractivity contribution in [1.82, 2.24) is 25.7 Å². The minimum Gasteiger partial charge on any atom is -0.468 e. The zero-order chi connectivity index (χ0) is 18.9. The second kappa shape index (κ2) is 10.1. The number of rotatable bonds is 8. The molecule has 2 N–H and O–H groups in total. The molecule has 1 aliphatic rings. The number of likely N-dealkylation sites (tertiary alicyclic amines) is 1. The summed E-state index contributed by atoms with van der Waals surface area (Å²) >= 11 is 0. The highest BCUT2D eigenvalue weighted by Crippen LogP contribution is 2.25. The van der Waals surface area contributed by atoms with Crippen LogP contribution in [0.5, 0.6) is 0 Å². The summed E-state index contributed by atoms with van der Waals surface area (Å²) in [6.07, 6.45) is 6.19. The maximum absolute atomic E-state index is 5.70. The summed E-state index contributed by atoms with van der Waals surface area (Å²) in [4.78, 5) is 11.5. The number of piperidine rings is 1. The van der Waals surface area contributed by atoms with E-state index in [1.807, 2.05) is 19.1 Å². The molecule has 1 atom stereocenters. The SMILES string of the molecule is CCNC(=NCC(c1ccco1)N1CCCCC1)NCCc1nc(C)no1. The standard InChI is InChI=1S/C19H30N6O2/c1-3-20-19(21-10-9-18-23-15(2)24-27-18)22-14-16(17-8-7-13-26-17)25-11-5-4-6-12-25/h7-8,13,16H,3-6,9-12,14H2,1-2H3,(H2,20,21,22). The maximum Gasteiger partial charge on any atom is 0.228 e. The fraction of sp³-hybridized carbons (Fsp3) is 0.632. The van der Waals surface area contributed by atoms with Crippen molar-refractivity contribution in [2.24, 2.45) is 4.99 Å². The normalized spacial score (nSPS) is 17.0. The van der Waals surface area contributed by atoms with E-state index in [2.05, 4.69) is 32.6 Å². The Bertz CT molecular complexity index is 691. The van der Waals surface area contributed by atoms with Gasteiger partial charge in [-0.05, 0) is 51.9 Å². The average Bonchev–Trinajstić information content (AvgIpc) is 3.35. The van der Waals surface area contributed by atoms with Crippen molar-refractivity contribution in [3.63, 3.8) is 0 Å². The van der Waals surface area contributed by atoms with Crippen molar-refractivity contribution < 1.29 is 8.94 Å². The number of nitrogens with one attached hydrogen (secondary N) is 2. The molecule has 2 aromatic rings. The Kier molecular flexibility index (Phi) is 7.27.